The van der Waals surface area contributed by atoms with Crippen LogP contribution in [-0.2, 0) is 4.79 Å². The maximum absolute atomic E-state index is 12.0. The van der Waals surface area contributed by atoms with Crippen LogP contribution in [0.25, 0.3) is 0 Å². The number of hydrogen-bond donors (Lipinski definition) is 2. The van der Waals surface area contributed by atoms with Crippen molar-refractivity contribution in [3.8, 4) is 5.75 Å². The van der Waals surface area contributed by atoms with Gasteiger partial charge in [-0.15, -0.1) is 0 Å². The first-order chi connectivity index (χ1) is 8.86. The molecule has 3 N–H and O–H groups in total. The van der Waals surface area contributed by atoms with E-state index in [0.717, 1.165) is 22.6 Å². The lowest BCUT2D eigenvalue weighted by Crippen LogP contribution is -2.36. The molecule has 1 aromatic carbocycles. The topological polar surface area (TPSA) is 64.3 Å². The van der Waals surface area contributed by atoms with Crippen molar-refractivity contribution in [3.63, 3.8) is 0 Å². The highest BCUT2D eigenvalue weighted by Crippen LogP contribution is 2.29. The van der Waals surface area contributed by atoms with E-state index in [1.165, 1.54) is 0 Å². The smallest absolute Gasteiger partial charge is 0.241 e. The van der Waals surface area contributed by atoms with E-state index in [-0.39, 0.29) is 5.91 Å². The summed E-state index contributed by atoms with van der Waals surface area (Å²) >= 11 is 0. The normalized spacial score (nSPS) is 12.4. The van der Waals surface area contributed by atoms with Gasteiger partial charge in [0, 0.05) is 11.3 Å². The van der Waals surface area contributed by atoms with Crippen LogP contribution in [0, 0.1) is 19.8 Å². The van der Waals surface area contributed by atoms with E-state index in [9.17, 15) is 4.79 Å². The molecule has 0 bridgehead atoms. The molecule has 4 heteroatoms. The van der Waals surface area contributed by atoms with Crippen molar-refractivity contribution in [3.05, 3.63) is 23.3 Å². The van der Waals surface area contributed by atoms with Crippen LogP contribution >= 0.6 is 0 Å². The van der Waals surface area contributed by atoms with Gasteiger partial charge in [-0.3, -0.25) is 4.79 Å². The Labute approximate surface area is 115 Å². The summed E-state index contributed by atoms with van der Waals surface area (Å²) in [5.41, 5.74) is 8.60. The minimum absolute atomic E-state index is 0.150. The second-order valence-electron chi connectivity index (χ2n) is 5.31. The SMILES string of the molecule is COc1c(C)ccc(NC(=O)C(N)CC(C)C)c1C. The van der Waals surface area contributed by atoms with Crippen LogP contribution in [-0.4, -0.2) is 19.1 Å². The Hall–Kier alpha value is -1.55. The summed E-state index contributed by atoms with van der Waals surface area (Å²) < 4.78 is 5.34. The molecule has 106 valence electrons. The molecule has 0 saturated heterocycles. The fourth-order valence-electron chi connectivity index (χ4n) is 2.12. The van der Waals surface area contributed by atoms with Gasteiger partial charge in [-0.25, -0.2) is 0 Å². The fraction of sp³-hybridized carbons (Fsp3) is 0.533. The predicted molar refractivity (Wildman–Crippen MR) is 78.5 cm³/mol. The largest absolute Gasteiger partial charge is 0.496 e. The second kappa shape index (κ2) is 6.57. The van der Waals surface area contributed by atoms with Crippen LogP contribution in [0.4, 0.5) is 5.69 Å². The molecule has 4 nitrogen and oxygen atoms in total. The monoisotopic (exact) mass is 264 g/mol. The van der Waals surface area contributed by atoms with E-state index < -0.39 is 6.04 Å². The summed E-state index contributed by atoms with van der Waals surface area (Å²) in [5, 5.41) is 2.87. The van der Waals surface area contributed by atoms with Gasteiger partial charge in [-0.2, -0.15) is 0 Å². The molecule has 0 aromatic heterocycles. The lowest BCUT2D eigenvalue weighted by atomic mass is 10.0. The second-order valence-corrected chi connectivity index (χ2v) is 5.31. The van der Waals surface area contributed by atoms with Crippen LogP contribution in [0.15, 0.2) is 12.1 Å². The number of aryl methyl sites for hydroxylation is 1. The molecule has 19 heavy (non-hydrogen) atoms. The van der Waals surface area contributed by atoms with Crippen molar-refractivity contribution in [2.75, 3.05) is 12.4 Å². The molecule has 1 rings (SSSR count). The van der Waals surface area contributed by atoms with Gasteiger partial charge in [0.15, 0.2) is 0 Å². The van der Waals surface area contributed by atoms with Gasteiger partial charge in [0.1, 0.15) is 5.75 Å². The molecular formula is C15H24N2O2. The Balaban J connectivity index is 2.86. The summed E-state index contributed by atoms with van der Waals surface area (Å²) in [6, 6.07) is 3.33. The number of carbonyl (C=O) groups is 1. The number of ether oxygens (including phenoxy) is 1. The van der Waals surface area contributed by atoms with Gasteiger partial charge in [0.2, 0.25) is 5.91 Å². The van der Waals surface area contributed by atoms with E-state index in [4.69, 9.17) is 10.5 Å². The third kappa shape index (κ3) is 3.96. The highest BCUT2D eigenvalue weighted by molar-refractivity contribution is 5.95. The quantitative estimate of drug-likeness (QED) is 0.859. The molecule has 1 aromatic rings. The standard InChI is InChI=1S/C15H24N2O2/c1-9(2)8-12(16)15(18)17-13-7-6-10(3)14(19-5)11(13)4/h6-7,9,12H,8,16H2,1-5H3,(H,17,18). The number of rotatable bonds is 5. The lowest BCUT2D eigenvalue weighted by Gasteiger charge is -2.17. The van der Waals surface area contributed by atoms with Crippen LogP contribution in [0.2, 0.25) is 0 Å². The van der Waals surface area contributed by atoms with E-state index in [0.29, 0.717) is 12.3 Å². The maximum Gasteiger partial charge on any atom is 0.241 e. The molecular weight excluding hydrogens is 240 g/mol. The number of anilines is 1. The Morgan fingerprint density at radius 3 is 2.53 bits per heavy atom. The van der Waals surface area contributed by atoms with Crippen molar-refractivity contribution in [1.29, 1.82) is 0 Å². The molecule has 0 radical (unpaired) electrons. The van der Waals surface area contributed by atoms with Gasteiger partial charge in [0.25, 0.3) is 0 Å². The predicted octanol–water partition coefficient (Wildman–Crippen LogP) is 2.62. The summed E-state index contributed by atoms with van der Waals surface area (Å²) in [5.74, 6) is 1.05. The number of hydrogen-bond acceptors (Lipinski definition) is 3. The third-order valence-corrected chi connectivity index (χ3v) is 3.13. The minimum atomic E-state index is -0.480. The van der Waals surface area contributed by atoms with Crippen LogP contribution < -0.4 is 15.8 Å². The summed E-state index contributed by atoms with van der Waals surface area (Å²) in [7, 11) is 1.63. The lowest BCUT2D eigenvalue weighted by molar-refractivity contribution is -0.117. The number of nitrogens with one attached hydrogen (secondary N) is 1. The molecule has 0 aliphatic carbocycles. The van der Waals surface area contributed by atoms with Gasteiger partial charge >= 0.3 is 0 Å². The molecule has 1 unspecified atom stereocenters. The molecule has 0 aliphatic heterocycles. The molecule has 1 atom stereocenters. The molecule has 0 heterocycles. The fourth-order valence-corrected chi connectivity index (χ4v) is 2.12. The Kier molecular flexibility index (Phi) is 5.36. The molecule has 0 aliphatic rings. The van der Waals surface area contributed by atoms with Gasteiger partial charge in [0.05, 0.1) is 13.2 Å². The highest BCUT2D eigenvalue weighted by Gasteiger charge is 2.17. The first-order valence-electron chi connectivity index (χ1n) is 6.57. The molecule has 0 spiro atoms. The number of benzene rings is 1. The van der Waals surface area contributed by atoms with Gasteiger partial charge in [-0.05, 0) is 37.8 Å². The van der Waals surface area contributed by atoms with Crippen LogP contribution in [0.1, 0.15) is 31.4 Å². The first kappa shape index (κ1) is 15.5. The van der Waals surface area contributed by atoms with E-state index in [1.54, 1.807) is 7.11 Å². The number of amides is 1. The summed E-state index contributed by atoms with van der Waals surface area (Å²) in [6.07, 6.45) is 0.674. The van der Waals surface area contributed by atoms with Crippen molar-refractivity contribution in [2.24, 2.45) is 11.7 Å². The van der Waals surface area contributed by atoms with Crippen molar-refractivity contribution >= 4 is 11.6 Å². The molecule has 0 saturated carbocycles. The maximum atomic E-state index is 12.0. The van der Waals surface area contributed by atoms with E-state index >= 15 is 0 Å². The van der Waals surface area contributed by atoms with Crippen molar-refractivity contribution < 1.29 is 9.53 Å². The third-order valence-electron chi connectivity index (χ3n) is 3.13. The van der Waals surface area contributed by atoms with Gasteiger partial charge < -0.3 is 15.8 Å². The van der Waals surface area contributed by atoms with Crippen molar-refractivity contribution in [2.45, 2.75) is 40.2 Å². The number of carbonyl (C=O) groups excluding carboxylic acids is 1. The zero-order chi connectivity index (χ0) is 14.6. The Morgan fingerprint density at radius 1 is 1.37 bits per heavy atom. The Morgan fingerprint density at radius 2 is 2.00 bits per heavy atom. The van der Waals surface area contributed by atoms with Crippen molar-refractivity contribution in [1.82, 2.24) is 0 Å². The van der Waals surface area contributed by atoms with Crippen LogP contribution in [0.3, 0.4) is 0 Å². The van der Waals surface area contributed by atoms with Crippen LogP contribution in [0.5, 0.6) is 5.75 Å². The number of nitrogens with two attached hydrogens (primary N) is 1. The zero-order valence-electron chi connectivity index (χ0n) is 12.4. The van der Waals surface area contributed by atoms with Gasteiger partial charge in [-0.1, -0.05) is 19.9 Å². The summed E-state index contributed by atoms with van der Waals surface area (Å²) in [4.78, 5) is 12.0. The average molecular weight is 264 g/mol. The van der Waals surface area contributed by atoms with E-state index in [2.05, 4.69) is 5.32 Å². The first-order valence-corrected chi connectivity index (χ1v) is 6.57. The molecule has 0 fully saturated rings. The van der Waals surface area contributed by atoms with E-state index in [1.807, 2.05) is 39.8 Å². The number of methoxy groups -OCH3 is 1. The minimum Gasteiger partial charge on any atom is -0.496 e. The Bertz CT molecular complexity index is 456. The summed E-state index contributed by atoms with van der Waals surface area (Å²) in [6.45, 7) is 8.00. The molecule has 1 amide bonds. The highest BCUT2D eigenvalue weighted by atomic mass is 16.5. The zero-order valence-corrected chi connectivity index (χ0v) is 12.4. The average Bonchev–Trinajstić information content (AvgIpc) is 2.32.